The Morgan fingerprint density at radius 3 is 2.24 bits per heavy atom. The summed E-state index contributed by atoms with van der Waals surface area (Å²) in [4.78, 5) is 5.41. The Morgan fingerprint density at radius 1 is 0.941 bits per heavy atom. The number of hydrogen-bond acceptors (Lipinski definition) is 3. The fraction of sp³-hybridized carbons (Fsp3) is 1.00. The van der Waals surface area contributed by atoms with E-state index in [0.717, 1.165) is 12.1 Å². The highest BCUT2D eigenvalue weighted by Crippen LogP contribution is 2.34. The van der Waals surface area contributed by atoms with Gasteiger partial charge in [-0.15, -0.1) is 0 Å². The number of piperidine rings is 1. The lowest BCUT2D eigenvalue weighted by molar-refractivity contribution is 0.121. The lowest BCUT2D eigenvalue weighted by Crippen LogP contribution is -2.48. The molecule has 2 N–H and O–H groups in total. The highest BCUT2D eigenvalue weighted by atomic mass is 15.2. The molecule has 98 valence electrons. The van der Waals surface area contributed by atoms with Crippen LogP contribution in [0.5, 0.6) is 0 Å². The van der Waals surface area contributed by atoms with Crippen LogP contribution in [0.4, 0.5) is 0 Å². The van der Waals surface area contributed by atoms with Crippen molar-refractivity contribution in [3.63, 3.8) is 0 Å². The molecule has 3 nitrogen and oxygen atoms in total. The van der Waals surface area contributed by atoms with E-state index in [1.807, 2.05) is 0 Å². The van der Waals surface area contributed by atoms with Crippen LogP contribution < -0.4 is 5.73 Å². The van der Waals surface area contributed by atoms with Crippen LogP contribution in [0.25, 0.3) is 0 Å². The van der Waals surface area contributed by atoms with Crippen molar-refractivity contribution in [2.45, 2.75) is 63.1 Å². The Labute approximate surface area is 105 Å². The van der Waals surface area contributed by atoms with Crippen molar-refractivity contribution >= 4 is 0 Å². The van der Waals surface area contributed by atoms with Crippen molar-refractivity contribution in [1.82, 2.24) is 9.80 Å². The van der Waals surface area contributed by atoms with Gasteiger partial charge in [-0.3, -0.25) is 4.90 Å². The normalized spacial score (nSPS) is 39.0. The van der Waals surface area contributed by atoms with E-state index in [-0.39, 0.29) is 0 Å². The second-order valence-electron chi connectivity index (χ2n) is 6.26. The van der Waals surface area contributed by atoms with Crippen molar-refractivity contribution in [3.8, 4) is 0 Å². The molecule has 2 unspecified atom stereocenters. The fourth-order valence-electron chi connectivity index (χ4n) is 4.16. The highest BCUT2D eigenvalue weighted by Gasteiger charge is 2.38. The van der Waals surface area contributed by atoms with Crippen LogP contribution in [0.1, 0.15) is 44.9 Å². The van der Waals surface area contributed by atoms with E-state index in [0.29, 0.717) is 6.04 Å². The second kappa shape index (κ2) is 5.25. The smallest absolute Gasteiger partial charge is 0.0113 e. The van der Waals surface area contributed by atoms with Gasteiger partial charge < -0.3 is 10.6 Å². The quantitative estimate of drug-likeness (QED) is 0.803. The number of hydrogen-bond donors (Lipinski definition) is 1. The van der Waals surface area contributed by atoms with Crippen molar-refractivity contribution in [1.29, 1.82) is 0 Å². The van der Waals surface area contributed by atoms with Gasteiger partial charge >= 0.3 is 0 Å². The van der Waals surface area contributed by atoms with Crippen LogP contribution in [0.2, 0.25) is 0 Å². The third kappa shape index (κ3) is 2.67. The van der Waals surface area contributed by atoms with Crippen molar-refractivity contribution < 1.29 is 0 Å². The summed E-state index contributed by atoms with van der Waals surface area (Å²) >= 11 is 0. The molecule has 3 fully saturated rings. The molecule has 0 aliphatic carbocycles. The third-order valence-electron chi connectivity index (χ3n) is 5.01. The Kier molecular flexibility index (Phi) is 3.69. The van der Waals surface area contributed by atoms with Gasteiger partial charge in [0.25, 0.3) is 0 Å². The fourth-order valence-corrected chi connectivity index (χ4v) is 4.16. The summed E-state index contributed by atoms with van der Waals surface area (Å²) in [6.45, 7) is 5.33. The molecule has 3 heterocycles. The number of likely N-dealkylation sites (tertiary alicyclic amines) is 1. The molecule has 0 radical (unpaired) electrons. The van der Waals surface area contributed by atoms with Crippen molar-refractivity contribution in [2.75, 3.05) is 26.2 Å². The molecule has 3 aliphatic heterocycles. The monoisotopic (exact) mass is 237 g/mol. The average molecular weight is 237 g/mol. The number of nitrogens with two attached hydrogens (primary N) is 1. The molecule has 0 saturated carbocycles. The van der Waals surface area contributed by atoms with Gasteiger partial charge in [0.15, 0.2) is 0 Å². The summed E-state index contributed by atoms with van der Waals surface area (Å²) in [5.41, 5.74) is 6.11. The van der Waals surface area contributed by atoms with Crippen molar-refractivity contribution in [3.05, 3.63) is 0 Å². The molecule has 0 spiro atoms. The summed E-state index contributed by atoms with van der Waals surface area (Å²) < 4.78 is 0. The maximum Gasteiger partial charge on any atom is 0.0113 e. The Morgan fingerprint density at radius 2 is 1.59 bits per heavy atom. The third-order valence-corrected chi connectivity index (χ3v) is 5.01. The second-order valence-corrected chi connectivity index (χ2v) is 6.26. The van der Waals surface area contributed by atoms with Gasteiger partial charge in [0.2, 0.25) is 0 Å². The van der Waals surface area contributed by atoms with Crippen LogP contribution in [-0.2, 0) is 0 Å². The largest absolute Gasteiger partial charge is 0.328 e. The molecule has 3 saturated heterocycles. The molecule has 0 aromatic rings. The Bertz CT molecular complexity index is 236. The van der Waals surface area contributed by atoms with Gasteiger partial charge in [-0.2, -0.15) is 0 Å². The molecule has 0 aromatic carbocycles. The number of fused-ring (bicyclic) bond motifs is 2. The van der Waals surface area contributed by atoms with Gasteiger partial charge in [0.1, 0.15) is 0 Å². The van der Waals surface area contributed by atoms with E-state index in [4.69, 9.17) is 5.73 Å². The zero-order chi connectivity index (χ0) is 11.7. The molecule has 0 aromatic heterocycles. The standard InChI is InChI=1S/C14H27N3/c15-12-10-13-4-5-14(11-12)17(13)9-3-8-16-6-1-2-7-16/h12-14H,1-11,15H2. The lowest BCUT2D eigenvalue weighted by atomic mass is 9.98. The summed E-state index contributed by atoms with van der Waals surface area (Å²) in [5, 5.41) is 0. The Hall–Kier alpha value is -0.120. The van der Waals surface area contributed by atoms with Gasteiger partial charge in [-0.05, 0) is 71.1 Å². The van der Waals surface area contributed by atoms with E-state index < -0.39 is 0 Å². The molecule has 3 aliphatic rings. The van der Waals surface area contributed by atoms with Gasteiger partial charge in [-0.1, -0.05) is 0 Å². The predicted octanol–water partition coefficient (Wildman–Crippen LogP) is 1.43. The molecular formula is C14H27N3. The molecule has 2 bridgehead atoms. The van der Waals surface area contributed by atoms with E-state index in [1.54, 1.807) is 0 Å². The molecule has 3 heteroatoms. The van der Waals surface area contributed by atoms with E-state index in [9.17, 15) is 0 Å². The van der Waals surface area contributed by atoms with E-state index in [1.165, 1.54) is 71.1 Å². The van der Waals surface area contributed by atoms with E-state index >= 15 is 0 Å². The SMILES string of the molecule is NC1CC2CCC(C1)N2CCCN1CCCC1. The van der Waals surface area contributed by atoms with E-state index in [2.05, 4.69) is 9.80 Å². The maximum absolute atomic E-state index is 6.11. The predicted molar refractivity (Wildman–Crippen MR) is 71.0 cm³/mol. The summed E-state index contributed by atoms with van der Waals surface area (Å²) in [5.74, 6) is 0. The van der Waals surface area contributed by atoms with Crippen LogP contribution in [-0.4, -0.2) is 54.1 Å². The first-order valence-electron chi connectivity index (χ1n) is 7.56. The molecule has 2 atom stereocenters. The topological polar surface area (TPSA) is 32.5 Å². The summed E-state index contributed by atoms with van der Waals surface area (Å²) in [6, 6.07) is 2.13. The minimum absolute atomic E-state index is 0.488. The lowest BCUT2D eigenvalue weighted by Gasteiger charge is -2.38. The Balaban J connectivity index is 1.43. The number of rotatable bonds is 4. The first-order valence-corrected chi connectivity index (χ1v) is 7.56. The minimum Gasteiger partial charge on any atom is -0.328 e. The first kappa shape index (κ1) is 11.9. The zero-order valence-corrected chi connectivity index (χ0v) is 11.0. The molecule has 17 heavy (non-hydrogen) atoms. The van der Waals surface area contributed by atoms with Crippen LogP contribution >= 0.6 is 0 Å². The minimum atomic E-state index is 0.488. The highest BCUT2D eigenvalue weighted by molar-refractivity contribution is 4.96. The zero-order valence-electron chi connectivity index (χ0n) is 11.0. The summed E-state index contributed by atoms with van der Waals surface area (Å²) in [6.07, 6.45) is 9.51. The summed E-state index contributed by atoms with van der Waals surface area (Å²) in [7, 11) is 0. The number of nitrogens with zero attached hydrogens (tertiary/aromatic N) is 2. The van der Waals surface area contributed by atoms with Crippen LogP contribution in [0.3, 0.4) is 0 Å². The molecular weight excluding hydrogens is 210 g/mol. The molecule has 0 amide bonds. The molecule has 3 rings (SSSR count). The van der Waals surface area contributed by atoms with Crippen LogP contribution in [0.15, 0.2) is 0 Å². The van der Waals surface area contributed by atoms with Gasteiger partial charge in [-0.25, -0.2) is 0 Å². The van der Waals surface area contributed by atoms with Gasteiger partial charge in [0.05, 0.1) is 0 Å². The van der Waals surface area contributed by atoms with Crippen molar-refractivity contribution in [2.24, 2.45) is 5.73 Å². The first-order chi connectivity index (χ1) is 8.33. The van der Waals surface area contributed by atoms with Gasteiger partial charge in [0, 0.05) is 18.1 Å². The average Bonchev–Trinajstić information content (AvgIpc) is 2.88. The maximum atomic E-state index is 6.11. The van der Waals surface area contributed by atoms with Crippen LogP contribution in [0, 0.1) is 0 Å².